The lowest BCUT2D eigenvalue weighted by Gasteiger charge is -2.15. The van der Waals surface area contributed by atoms with Crippen molar-refractivity contribution in [2.24, 2.45) is 0 Å². The molecule has 0 fully saturated rings. The summed E-state index contributed by atoms with van der Waals surface area (Å²) in [6.45, 7) is 3.24. The van der Waals surface area contributed by atoms with Crippen LogP contribution in [-0.4, -0.2) is 18.4 Å². The number of sulfonamides is 1. The molecule has 164 valence electrons. The van der Waals surface area contributed by atoms with Crippen LogP contribution in [0.4, 0.5) is 20.4 Å². The van der Waals surface area contributed by atoms with Gasteiger partial charge in [0.25, 0.3) is 10.0 Å². The fourth-order valence-electron chi connectivity index (χ4n) is 3.34. The molecule has 4 aromatic rings. The number of benzene rings is 3. The highest BCUT2D eigenvalue weighted by atomic mass is 35.5. The van der Waals surface area contributed by atoms with Crippen LogP contribution in [0.5, 0.6) is 0 Å². The maximum absolute atomic E-state index is 15.3. The summed E-state index contributed by atoms with van der Waals surface area (Å²) in [6.07, 6.45) is 1.44. The van der Waals surface area contributed by atoms with Crippen molar-refractivity contribution in [3.05, 3.63) is 76.4 Å². The fourth-order valence-corrected chi connectivity index (χ4v) is 4.93. The number of nitrogens with zero attached hydrogens (tertiary/aromatic N) is 2. The Hall–Kier alpha value is -3.30. The Bertz CT molecular complexity index is 1490. The van der Waals surface area contributed by atoms with Gasteiger partial charge in [-0.3, -0.25) is 4.72 Å². The summed E-state index contributed by atoms with van der Waals surface area (Å²) in [4.78, 5) is 7.89. The molecule has 0 radical (unpaired) electrons. The van der Waals surface area contributed by atoms with Crippen LogP contribution in [0.25, 0.3) is 22.0 Å². The van der Waals surface area contributed by atoms with E-state index in [1.54, 1.807) is 19.9 Å². The second-order valence-electron chi connectivity index (χ2n) is 7.26. The van der Waals surface area contributed by atoms with Crippen molar-refractivity contribution in [2.45, 2.75) is 18.7 Å². The van der Waals surface area contributed by atoms with Gasteiger partial charge in [-0.15, -0.1) is 0 Å². The Morgan fingerprint density at radius 1 is 1.03 bits per heavy atom. The predicted octanol–water partition coefficient (Wildman–Crippen LogP) is 5.23. The van der Waals surface area contributed by atoms with Gasteiger partial charge in [-0.1, -0.05) is 17.7 Å². The summed E-state index contributed by atoms with van der Waals surface area (Å²) < 4.78 is 58.0. The Morgan fingerprint density at radius 2 is 1.78 bits per heavy atom. The van der Waals surface area contributed by atoms with Gasteiger partial charge in [0.2, 0.25) is 5.95 Å². The van der Waals surface area contributed by atoms with Crippen molar-refractivity contribution < 1.29 is 17.2 Å². The maximum atomic E-state index is 15.3. The van der Waals surface area contributed by atoms with Crippen molar-refractivity contribution in [3.8, 4) is 11.1 Å². The van der Waals surface area contributed by atoms with Crippen molar-refractivity contribution in [1.29, 1.82) is 0 Å². The molecule has 0 aliphatic rings. The average molecular weight is 475 g/mol. The van der Waals surface area contributed by atoms with E-state index < -0.39 is 21.7 Å². The first-order valence-corrected chi connectivity index (χ1v) is 11.2. The van der Waals surface area contributed by atoms with E-state index in [4.69, 9.17) is 17.3 Å². The fraction of sp³-hybridized carbons (Fsp3) is 0.0909. The molecule has 0 saturated carbocycles. The van der Waals surface area contributed by atoms with Gasteiger partial charge in [-0.2, -0.15) is 0 Å². The van der Waals surface area contributed by atoms with Crippen LogP contribution in [0.1, 0.15) is 11.1 Å². The molecule has 0 aliphatic heterocycles. The van der Waals surface area contributed by atoms with E-state index in [-0.39, 0.29) is 27.7 Å². The topological polar surface area (TPSA) is 98.0 Å². The summed E-state index contributed by atoms with van der Waals surface area (Å²) in [5, 5.41) is 0.937. The first kappa shape index (κ1) is 21.9. The molecule has 6 nitrogen and oxygen atoms in total. The molecule has 0 aliphatic carbocycles. The molecule has 0 saturated heterocycles. The number of nitrogens with one attached hydrogen (secondary N) is 1. The molecule has 1 aromatic heterocycles. The number of rotatable bonds is 4. The zero-order valence-electron chi connectivity index (χ0n) is 16.9. The zero-order chi connectivity index (χ0) is 23.2. The van der Waals surface area contributed by atoms with E-state index in [1.165, 1.54) is 30.5 Å². The lowest BCUT2D eigenvalue weighted by Crippen LogP contribution is -2.16. The van der Waals surface area contributed by atoms with E-state index in [0.717, 1.165) is 12.1 Å². The second-order valence-corrected chi connectivity index (χ2v) is 9.32. The number of hydrogen-bond acceptors (Lipinski definition) is 5. The molecule has 32 heavy (non-hydrogen) atoms. The highest BCUT2D eigenvalue weighted by Crippen LogP contribution is 2.34. The van der Waals surface area contributed by atoms with E-state index in [2.05, 4.69) is 14.7 Å². The Balaban J connectivity index is 1.79. The number of nitrogens with two attached hydrogens (primary N) is 1. The number of hydrogen-bond donors (Lipinski definition) is 2. The van der Waals surface area contributed by atoms with Gasteiger partial charge in [0, 0.05) is 16.6 Å². The number of anilines is 2. The van der Waals surface area contributed by atoms with E-state index in [9.17, 15) is 12.8 Å². The molecule has 4 rings (SSSR count). The predicted molar refractivity (Wildman–Crippen MR) is 121 cm³/mol. The van der Waals surface area contributed by atoms with E-state index in [0.29, 0.717) is 27.1 Å². The van der Waals surface area contributed by atoms with Crippen molar-refractivity contribution >= 4 is 44.2 Å². The van der Waals surface area contributed by atoms with Gasteiger partial charge in [0.05, 0.1) is 21.7 Å². The number of aryl methyl sites for hydroxylation is 2. The van der Waals surface area contributed by atoms with Crippen molar-refractivity contribution in [2.75, 3.05) is 10.5 Å². The van der Waals surface area contributed by atoms with Crippen LogP contribution in [0.15, 0.2) is 53.6 Å². The summed E-state index contributed by atoms with van der Waals surface area (Å²) in [5.41, 5.74) is 6.44. The standard InChI is InChI=1S/C22H17ClF2N4O2S/c1-11-8-19(12(2)7-15(11)23)32(30,31)29-18-6-4-16(24)20(21(18)25)13-3-5-17-14(9-13)10-27-22(26)28-17/h3-10,29H,1-2H3,(H2,26,27,28). The van der Waals surface area contributed by atoms with Crippen LogP contribution >= 0.6 is 11.6 Å². The third-order valence-electron chi connectivity index (χ3n) is 4.97. The number of nitrogen functional groups attached to an aromatic ring is 1. The SMILES string of the molecule is Cc1cc(S(=O)(=O)Nc2ccc(F)c(-c3ccc4nc(N)ncc4c3)c2F)c(C)cc1Cl. The third-order valence-corrected chi connectivity index (χ3v) is 6.88. The van der Waals surface area contributed by atoms with Gasteiger partial charge in [0.15, 0.2) is 5.82 Å². The molecule has 3 aromatic carbocycles. The molecular formula is C22H17ClF2N4O2S. The maximum Gasteiger partial charge on any atom is 0.262 e. The molecule has 0 atom stereocenters. The summed E-state index contributed by atoms with van der Waals surface area (Å²) in [5.74, 6) is -1.82. The second kappa shape index (κ2) is 7.99. The van der Waals surface area contributed by atoms with Gasteiger partial charge in [-0.25, -0.2) is 27.2 Å². The first-order chi connectivity index (χ1) is 15.1. The number of aromatic nitrogens is 2. The smallest absolute Gasteiger partial charge is 0.262 e. The lowest BCUT2D eigenvalue weighted by atomic mass is 10.0. The molecule has 0 bridgehead atoms. The monoisotopic (exact) mass is 474 g/mol. The van der Waals surface area contributed by atoms with Crippen LogP contribution in [0.3, 0.4) is 0 Å². The Morgan fingerprint density at radius 3 is 2.53 bits per heavy atom. The average Bonchev–Trinajstić information content (AvgIpc) is 2.72. The quantitative estimate of drug-likeness (QED) is 0.422. The molecule has 0 unspecified atom stereocenters. The number of halogens is 3. The Kier molecular flexibility index (Phi) is 5.47. The van der Waals surface area contributed by atoms with Gasteiger partial charge in [0.1, 0.15) is 5.82 Å². The third kappa shape index (κ3) is 3.96. The van der Waals surface area contributed by atoms with Gasteiger partial charge < -0.3 is 5.73 Å². The first-order valence-electron chi connectivity index (χ1n) is 9.37. The largest absolute Gasteiger partial charge is 0.368 e. The van der Waals surface area contributed by atoms with Crippen LogP contribution in [0.2, 0.25) is 5.02 Å². The molecule has 0 spiro atoms. The zero-order valence-corrected chi connectivity index (χ0v) is 18.5. The van der Waals surface area contributed by atoms with E-state index >= 15 is 4.39 Å². The Labute approximate surface area is 188 Å². The molecule has 10 heteroatoms. The van der Waals surface area contributed by atoms with Crippen molar-refractivity contribution in [1.82, 2.24) is 9.97 Å². The summed E-state index contributed by atoms with van der Waals surface area (Å²) >= 11 is 6.04. The van der Waals surface area contributed by atoms with Gasteiger partial charge >= 0.3 is 0 Å². The highest BCUT2D eigenvalue weighted by molar-refractivity contribution is 7.92. The van der Waals surface area contributed by atoms with Gasteiger partial charge in [-0.05, 0) is 66.9 Å². The lowest BCUT2D eigenvalue weighted by molar-refractivity contribution is 0.587. The minimum atomic E-state index is -4.16. The van der Waals surface area contributed by atoms with Crippen LogP contribution in [0, 0.1) is 25.5 Å². The van der Waals surface area contributed by atoms with Crippen LogP contribution < -0.4 is 10.5 Å². The van der Waals surface area contributed by atoms with E-state index in [1.807, 2.05) is 0 Å². The number of fused-ring (bicyclic) bond motifs is 1. The highest BCUT2D eigenvalue weighted by Gasteiger charge is 2.23. The van der Waals surface area contributed by atoms with Crippen LogP contribution in [-0.2, 0) is 10.0 Å². The summed E-state index contributed by atoms with van der Waals surface area (Å²) in [6, 6.07) is 9.48. The molecular weight excluding hydrogens is 458 g/mol. The minimum Gasteiger partial charge on any atom is -0.368 e. The minimum absolute atomic E-state index is 0.0508. The van der Waals surface area contributed by atoms with Crippen molar-refractivity contribution in [3.63, 3.8) is 0 Å². The molecule has 3 N–H and O–H groups in total. The molecule has 1 heterocycles. The summed E-state index contributed by atoms with van der Waals surface area (Å²) in [7, 11) is -4.16. The normalized spacial score (nSPS) is 11.7. The molecule has 0 amide bonds.